The van der Waals surface area contributed by atoms with Gasteiger partial charge in [0.1, 0.15) is 5.75 Å². The molecule has 1 aliphatic rings. The second kappa shape index (κ2) is 5.25. The van der Waals surface area contributed by atoms with Gasteiger partial charge in [-0.15, -0.1) is 0 Å². The Hall–Kier alpha value is -2.49. The highest BCUT2D eigenvalue weighted by Crippen LogP contribution is 2.28. The van der Waals surface area contributed by atoms with Crippen LogP contribution in [-0.2, 0) is 11.3 Å². The minimum Gasteiger partial charge on any atom is -0.482 e. The highest BCUT2D eigenvalue weighted by molar-refractivity contribution is 5.95. The summed E-state index contributed by atoms with van der Waals surface area (Å²) in [6, 6.07) is 14.1. The lowest BCUT2D eigenvalue weighted by Gasteiger charge is -2.18. The molecule has 0 atom stereocenters. The van der Waals surface area contributed by atoms with Gasteiger partial charge in [0.2, 0.25) is 0 Å². The van der Waals surface area contributed by atoms with E-state index in [-0.39, 0.29) is 12.5 Å². The number of carbonyl (C=O) groups excluding carboxylic acids is 1. The van der Waals surface area contributed by atoms with E-state index in [9.17, 15) is 4.79 Å². The van der Waals surface area contributed by atoms with E-state index in [0.717, 1.165) is 22.7 Å². The highest BCUT2D eigenvalue weighted by atomic mass is 16.5. The lowest BCUT2D eigenvalue weighted by molar-refractivity contribution is -0.118. The van der Waals surface area contributed by atoms with Crippen LogP contribution < -0.4 is 15.4 Å². The molecular formula is C16H16N2O2. The number of anilines is 2. The molecule has 102 valence electrons. The number of rotatable bonds is 3. The molecule has 3 rings (SSSR count). The third-order valence-corrected chi connectivity index (χ3v) is 3.19. The largest absolute Gasteiger partial charge is 0.482 e. The maximum Gasteiger partial charge on any atom is 0.262 e. The Balaban J connectivity index is 1.72. The molecule has 0 unspecified atom stereocenters. The number of carbonyl (C=O) groups is 1. The summed E-state index contributed by atoms with van der Waals surface area (Å²) in [4.78, 5) is 11.3. The van der Waals surface area contributed by atoms with Crippen LogP contribution in [0.3, 0.4) is 0 Å². The first kappa shape index (κ1) is 12.5. The van der Waals surface area contributed by atoms with Gasteiger partial charge in [-0.2, -0.15) is 0 Å². The van der Waals surface area contributed by atoms with Gasteiger partial charge in [-0.1, -0.05) is 18.2 Å². The van der Waals surface area contributed by atoms with Gasteiger partial charge in [-0.05, 0) is 42.3 Å². The molecular weight excluding hydrogens is 252 g/mol. The zero-order valence-corrected chi connectivity index (χ0v) is 11.3. The maximum absolute atomic E-state index is 11.3. The molecule has 2 aromatic carbocycles. The Bertz CT molecular complexity index is 653. The van der Waals surface area contributed by atoms with Crippen molar-refractivity contribution in [2.24, 2.45) is 0 Å². The summed E-state index contributed by atoms with van der Waals surface area (Å²) >= 11 is 0. The molecule has 2 aromatic rings. The number of nitrogens with one attached hydrogen (secondary N) is 2. The topological polar surface area (TPSA) is 50.4 Å². The summed E-state index contributed by atoms with van der Waals surface area (Å²) in [5.74, 6) is 0.616. The standard InChI is InChI=1S/C16H16N2O2/c1-11-3-2-4-13(7-11)17-9-12-5-6-15-14(8-12)18-16(19)10-20-15/h2-8,17H,9-10H2,1H3,(H,18,19). The molecule has 1 amide bonds. The van der Waals surface area contributed by atoms with Crippen LogP contribution in [0, 0.1) is 6.92 Å². The van der Waals surface area contributed by atoms with Gasteiger partial charge in [-0.3, -0.25) is 4.79 Å². The van der Waals surface area contributed by atoms with Crippen molar-refractivity contribution in [2.45, 2.75) is 13.5 Å². The molecule has 1 aliphatic heterocycles. The number of amides is 1. The van der Waals surface area contributed by atoms with Gasteiger partial charge in [0.05, 0.1) is 5.69 Å². The number of benzene rings is 2. The fraction of sp³-hybridized carbons (Fsp3) is 0.188. The lowest BCUT2D eigenvalue weighted by atomic mass is 10.1. The van der Waals surface area contributed by atoms with Crippen molar-refractivity contribution in [3.05, 3.63) is 53.6 Å². The zero-order valence-electron chi connectivity index (χ0n) is 11.3. The number of ether oxygens (including phenoxy) is 1. The predicted octanol–water partition coefficient (Wildman–Crippen LogP) is 2.94. The summed E-state index contributed by atoms with van der Waals surface area (Å²) in [5, 5.41) is 6.18. The molecule has 0 aromatic heterocycles. The van der Waals surface area contributed by atoms with Crippen molar-refractivity contribution in [2.75, 3.05) is 17.2 Å². The van der Waals surface area contributed by atoms with Crippen LogP contribution in [0.1, 0.15) is 11.1 Å². The monoisotopic (exact) mass is 268 g/mol. The van der Waals surface area contributed by atoms with Crippen LogP contribution in [0.5, 0.6) is 5.75 Å². The Morgan fingerprint density at radius 3 is 3.00 bits per heavy atom. The first-order chi connectivity index (χ1) is 9.70. The van der Waals surface area contributed by atoms with E-state index in [2.05, 4.69) is 29.7 Å². The molecule has 0 bridgehead atoms. The summed E-state index contributed by atoms with van der Waals surface area (Å²) in [6.07, 6.45) is 0. The summed E-state index contributed by atoms with van der Waals surface area (Å²) in [7, 11) is 0. The highest BCUT2D eigenvalue weighted by Gasteiger charge is 2.15. The van der Waals surface area contributed by atoms with Crippen molar-refractivity contribution in [1.82, 2.24) is 0 Å². The zero-order chi connectivity index (χ0) is 13.9. The Morgan fingerprint density at radius 2 is 2.15 bits per heavy atom. The van der Waals surface area contributed by atoms with Gasteiger partial charge in [0, 0.05) is 12.2 Å². The van der Waals surface area contributed by atoms with Crippen molar-refractivity contribution in [1.29, 1.82) is 0 Å². The third kappa shape index (κ3) is 2.74. The van der Waals surface area contributed by atoms with E-state index < -0.39 is 0 Å². The van der Waals surface area contributed by atoms with Crippen molar-refractivity contribution < 1.29 is 9.53 Å². The van der Waals surface area contributed by atoms with E-state index in [0.29, 0.717) is 6.54 Å². The van der Waals surface area contributed by atoms with E-state index >= 15 is 0 Å². The third-order valence-electron chi connectivity index (χ3n) is 3.19. The lowest BCUT2D eigenvalue weighted by Crippen LogP contribution is -2.25. The van der Waals surface area contributed by atoms with Gasteiger partial charge < -0.3 is 15.4 Å². The number of aryl methyl sites for hydroxylation is 1. The van der Waals surface area contributed by atoms with E-state index in [4.69, 9.17) is 4.74 Å². The summed E-state index contributed by atoms with van der Waals surface area (Å²) in [5.41, 5.74) is 4.14. The molecule has 0 saturated heterocycles. The average molecular weight is 268 g/mol. The minimum atomic E-state index is -0.110. The van der Waals surface area contributed by atoms with Crippen LogP contribution in [0.4, 0.5) is 11.4 Å². The molecule has 1 heterocycles. The van der Waals surface area contributed by atoms with Crippen molar-refractivity contribution in [3.63, 3.8) is 0 Å². The van der Waals surface area contributed by atoms with Crippen LogP contribution >= 0.6 is 0 Å². The maximum atomic E-state index is 11.3. The molecule has 0 radical (unpaired) electrons. The van der Waals surface area contributed by atoms with Gasteiger partial charge in [-0.25, -0.2) is 0 Å². The van der Waals surface area contributed by atoms with Crippen molar-refractivity contribution >= 4 is 17.3 Å². The minimum absolute atomic E-state index is 0.0912. The second-order valence-corrected chi connectivity index (χ2v) is 4.89. The molecule has 20 heavy (non-hydrogen) atoms. The second-order valence-electron chi connectivity index (χ2n) is 4.89. The fourth-order valence-corrected chi connectivity index (χ4v) is 2.20. The molecule has 4 nitrogen and oxygen atoms in total. The van der Waals surface area contributed by atoms with Crippen LogP contribution in [-0.4, -0.2) is 12.5 Å². The van der Waals surface area contributed by atoms with E-state index in [1.165, 1.54) is 5.56 Å². The Kier molecular flexibility index (Phi) is 3.29. The Labute approximate surface area is 117 Å². The molecule has 0 spiro atoms. The fourth-order valence-electron chi connectivity index (χ4n) is 2.20. The smallest absolute Gasteiger partial charge is 0.262 e. The van der Waals surface area contributed by atoms with Crippen LogP contribution in [0.15, 0.2) is 42.5 Å². The van der Waals surface area contributed by atoms with Gasteiger partial charge >= 0.3 is 0 Å². The molecule has 0 fully saturated rings. The first-order valence-corrected chi connectivity index (χ1v) is 6.57. The van der Waals surface area contributed by atoms with Crippen LogP contribution in [0.2, 0.25) is 0 Å². The van der Waals surface area contributed by atoms with Crippen molar-refractivity contribution in [3.8, 4) is 5.75 Å². The molecule has 0 saturated carbocycles. The van der Waals surface area contributed by atoms with E-state index in [1.54, 1.807) is 0 Å². The predicted molar refractivity (Wildman–Crippen MR) is 79.1 cm³/mol. The number of hydrogen-bond acceptors (Lipinski definition) is 3. The molecule has 0 aliphatic carbocycles. The van der Waals surface area contributed by atoms with E-state index in [1.807, 2.05) is 30.3 Å². The average Bonchev–Trinajstić information content (AvgIpc) is 2.45. The van der Waals surface area contributed by atoms with Gasteiger partial charge in [0.25, 0.3) is 5.91 Å². The summed E-state index contributed by atoms with van der Waals surface area (Å²) in [6.45, 7) is 2.86. The number of hydrogen-bond donors (Lipinski definition) is 2. The number of fused-ring (bicyclic) bond motifs is 1. The van der Waals surface area contributed by atoms with Crippen LogP contribution in [0.25, 0.3) is 0 Å². The quantitative estimate of drug-likeness (QED) is 0.900. The SMILES string of the molecule is Cc1cccc(NCc2ccc3c(c2)NC(=O)CO3)c1. The summed E-state index contributed by atoms with van der Waals surface area (Å²) < 4.78 is 5.34. The Morgan fingerprint density at radius 1 is 1.25 bits per heavy atom. The molecule has 2 N–H and O–H groups in total. The first-order valence-electron chi connectivity index (χ1n) is 6.57. The molecule has 4 heteroatoms. The van der Waals surface area contributed by atoms with Gasteiger partial charge in [0.15, 0.2) is 6.61 Å². The normalized spacial score (nSPS) is 13.2.